The van der Waals surface area contributed by atoms with Crippen molar-refractivity contribution in [1.29, 1.82) is 0 Å². The average Bonchev–Trinajstić information content (AvgIpc) is 3.17. The molecule has 0 radical (unpaired) electrons. The topological polar surface area (TPSA) is 313 Å². The second kappa shape index (κ2) is 23.7. The predicted octanol–water partition coefficient (Wildman–Crippen LogP) is -7.96. The average molecular weight is 852 g/mol. The molecule has 0 bridgehead atoms. The van der Waals surface area contributed by atoms with E-state index in [4.69, 9.17) is 65.1 Å². The van der Waals surface area contributed by atoms with Crippen LogP contribution in [0, 0.1) is 0 Å². The van der Waals surface area contributed by atoms with Crippen LogP contribution in [0.1, 0.15) is 0 Å². The highest BCUT2D eigenvalue weighted by molar-refractivity contribution is 7.80. The van der Waals surface area contributed by atoms with E-state index in [1.54, 1.807) is 0 Å². The normalized spacial score (nSPS) is 36.5. The molecule has 0 aromatic carbocycles. The van der Waals surface area contributed by atoms with Gasteiger partial charge in [-0.25, -0.2) is 0 Å². The molecule has 0 aromatic heterocycles. The van der Waals surface area contributed by atoms with Gasteiger partial charge in [-0.1, -0.05) is 0 Å². The Morgan fingerprint density at radius 3 is 0.927 bits per heavy atom. The summed E-state index contributed by atoms with van der Waals surface area (Å²) in [5.41, 5.74) is 0. The van der Waals surface area contributed by atoms with Gasteiger partial charge in [0.05, 0.1) is 0 Å². The van der Waals surface area contributed by atoms with Gasteiger partial charge in [0.25, 0.3) is 0 Å². The van der Waals surface area contributed by atoms with Gasteiger partial charge in [-0.2, -0.15) is 0 Å². The van der Waals surface area contributed by atoms with Gasteiger partial charge in [-0.05, 0) is 36.7 Å². The molecule has 0 aliphatic carbocycles. The minimum atomic E-state index is -1.47. The summed E-state index contributed by atoms with van der Waals surface area (Å²) >= 11 is 16.1. The highest BCUT2D eigenvalue weighted by atomic mass is 32.1. The van der Waals surface area contributed by atoms with Crippen molar-refractivity contribution in [2.75, 3.05) is 80.2 Å². The number of ether oxygens (including phenoxy) is 6. The van der Waals surface area contributed by atoms with E-state index in [0.29, 0.717) is 39.3 Å². The summed E-state index contributed by atoms with van der Waals surface area (Å²) in [6.07, 6.45) is -18.9. The monoisotopic (exact) mass is 851 g/mol. The van der Waals surface area contributed by atoms with Crippen molar-refractivity contribution < 1.29 is 74.4 Å². The Hall–Kier alpha value is -1.57. The fourth-order valence-corrected chi connectivity index (χ4v) is 6.48. The molecule has 0 saturated carbocycles. The first-order valence-corrected chi connectivity index (χ1v) is 18.8. The molecule has 3 rings (SSSR count). The van der Waals surface area contributed by atoms with Gasteiger partial charge in [-0.15, -0.1) is 0 Å². The van der Waals surface area contributed by atoms with Crippen molar-refractivity contribution in [2.45, 2.75) is 92.1 Å². The highest BCUT2D eigenvalue weighted by Gasteiger charge is 2.46. The van der Waals surface area contributed by atoms with Gasteiger partial charge in [0.1, 0.15) is 73.2 Å². The predicted molar refractivity (Wildman–Crippen MR) is 203 cm³/mol. The van der Waals surface area contributed by atoms with Crippen molar-refractivity contribution in [1.82, 2.24) is 36.8 Å². The summed E-state index contributed by atoms with van der Waals surface area (Å²) in [6, 6.07) is 0. The number of hydrogen-bond donors (Lipinski definition) is 15. The zero-order valence-corrected chi connectivity index (χ0v) is 33.1. The lowest BCUT2D eigenvalue weighted by molar-refractivity contribution is -0.288. The molecule has 3 aliphatic heterocycles. The molecule has 15 atom stereocenters. The summed E-state index contributed by atoms with van der Waals surface area (Å²) in [6.45, 7) is 2.63. The first kappa shape index (κ1) is 47.8. The molecule has 3 heterocycles. The van der Waals surface area contributed by atoms with Crippen LogP contribution in [0.25, 0.3) is 0 Å². The molecule has 320 valence electrons. The van der Waals surface area contributed by atoms with Crippen LogP contribution in [0.15, 0.2) is 0 Å². The van der Waals surface area contributed by atoms with Crippen molar-refractivity contribution >= 4 is 52.0 Å². The summed E-state index contributed by atoms with van der Waals surface area (Å²) in [7, 11) is 3.92. The van der Waals surface area contributed by atoms with E-state index >= 15 is 0 Å². The van der Waals surface area contributed by atoms with Crippen LogP contribution >= 0.6 is 36.7 Å². The van der Waals surface area contributed by atoms with Crippen LogP contribution in [0.3, 0.4) is 0 Å². The zero-order valence-electron chi connectivity index (χ0n) is 30.7. The van der Waals surface area contributed by atoms with Crippen molar-refractivity contribution in [3.05, 3.63) is 0 Å². The molecule has 0 amide bonds. The van der Waals surface area contributed by atoms with Crippen molar-refractivity contribution in [2.24, 2.45) is 0 Å². The number of rotatable bonds is 18. The molecule has 55 heavy (non-hydrogen) atoms. The smallest absolute Gasteiger partial charge is 0.186 e. The van der Waals surface area contributed by atoms with E-state index in [9.17, 15) is 46.0 Å². The lowest BCUT2D eigenvalue weighted by Gasteiger charge is -2.40. The first-order valence-electron chi connectivity index (χ1n) is 17.6. The van der Waals surface area contributed by atoms with E-state index in [1.165, 1.54) is 21.3 Å². The van der Waals surface area contributed by atoms with Gasteiger partial charge in [0.2, 0.25) is 0 Å². The van der Waals surface area contributed by atoms with Crippen LogP contribution in [0.2, 0.25) is 0 Å². The molecule has 3 fully saturated rings. The van der Waals surface area contributed by atoms with Gasteiger partial charge in [0.15, 0.2) is 34.2 Å². The molecular formula is C30H57N7O15S3. The van der Waals surface area contributed by atoms with E-state index in [-0.39, 0.29) is 35.0 Å². The Labute approximate surface area is 334 Å². The number of thiocarbonyl (C=S) groups is 3. The maximum absolute atomic E-state index is 10.3. The lowest BCUT2D eigenvalue weighted by Crippen LogP contribution is -2.61. The molecule has 25 heteroatoms. The van der Waals surface area contributed by atoms with Crippen LogP contribution in [0.5, 0.6) is 0 Å². The van der Waals surface area contributed by atoms with Gasteiger partial charge in [-0.3, -0.25) is 4.90 Å². The Morgan fingerprint density at radius 1 is 0.436 bits per heavy atom. The third-order valence-electron chi connectivity index (χ3n) is 9.23. The van der Waals surface area contributed by atoms with E-state index < -0.39 is 92.1 Å². The van der Waals surface area contributed by atoms with Gasteiger partial charge >= 0.3 is 0 Å². The van der Waals surface area contributed by atoms with Crippen LogP contribution in [-0.2, 0) is 28.4 Å². The fraction of sp³-hybridized carbons (Fsp3) is 0.900. The zero-order chi connectivity index (χ0) is 40.8. The lowest BCUT2D eigenvalue weighted by atomic mass is 9.99. The summed E-state index contributed by atoms with van der Waals surface area (Å²) in [4.78, 5) is 2.06. The van der Waals surface area contributed by atoms with Gasteiger partial charge in [0, 0.05) is 80.2 Å². The fourth-order valence-electron chi connectivity index (χ4n) is 5.93. The molecule has 0 spiro atoms. The Bertz CT molecular complexity index is 1050. The molecule has 22 nitrogen and oxygen atoms in total. The number of nitrogens with one attached hydrogen (secondary N) is 6. The van der Waals surface area contributed by atoms with Crippen LogP contribution in [-0.4, -0.2) is 239 Å². The molecule has 0 unspecified atom stereocenters. The Kier molecular flexibility index (Phi) is 20.6. The second-order valence-electron chi connectivity index (χ2n) is 13.0. The molecule has 15 N–H and O–H groups in total. The molecule has 3 aliphatic rings. The SMILES string of the molecule is CO[C@H]1O[C@H](CNC(=S)NCCN(CCNC(=S)NC[C@H]2O[C@H](OC)[C@@H](O)[C@@H](O)[C@@H]2O)CCNC(=S)NC[C@H]2O[C@H](OC)[C@@H](O)[C@@H](O)[C@@H]2O)[C@@H](O)[C@H](O)[C@@H]1O. The van der Waals surface area contributed by atoms with Crippen LogP contribution in [0.4, 0.5) is 0 Å². The molecule has 3 saturated heterocycles. The molecular weight excluding hydrogens is 795 g/mol. The number of aliphatic hydroxyl groups is 9. The van der Waals surface area contributed by atoms with Crippen molar-refractivity contribution in [3.8, 4) is 0 Å². The number of hydrogen-bond acceptors (Lipinski definition) is 19. The Morgan fingerprint density at radius 2 is 0.691 bits per heavy atom. The largest absolute Gasteiger partial charge is 0.388 e. The number of nitrogens with zero attached hydrogens (tertiary/aromatic N) is 1. The third-order valence-corrected chi connectivity index (χ3v) is 10.1. The summed E-state index contributed by atoms with van der Waals surface area (Å²) < 4.78 is 31.7. The van der Waals surface area contributed by atoms with Crippen LogP contribution < -0.4 is 31.9 Å². The first-order chi connectivity index (χ1) is 26.1. The van der Waals surface area contributed by atoms with E-state index in [1.807, 2.05) is 0 Å². The second-order valence-corrected chi connectivity index (χ2v) is 14.2. The summed E-state index contributed by atoms with van der Waals surface area (Å²) in [5, 5.41) is 110. The summed E-state index contributed by atoms with van der Waals surface area (Å²) in [5.74, 6) is 0. The van der Waals surface area contributed by atoms with Crippen molar-refractivity contribution in [3.63, 3.8) is 0 Å². The third kappa shape index (κ3) is 14.0. The quantitative estimate of drug-likeness (QED) is 0.0570. The maximum Gasteiger partial charge on any atom is 0.186 e. The van der Waals surface area contributed by atoms with E-state index in [2.05, 4.69) is 36.8 Å². The Balaban J connectivity index is 1.47. The highest BCUT2D eigenvalue weighted by Crippen LogP contribution is 2.23. The minimum absolute atomic E-state index is 0.0201. The number of methoxy groups -OCH3 is 3. The maximum atomic E-state index is 10.3. The minimum Gasteiger partial charge on any atom is -0.388 e. The van der Waals surface area contributed by atoms with E-state index in [0.717, 1.165) is 0 Å². The standard InChI is InChI=1S/C30H57N7O15S3/c1-47-25-22(44)19(41)16(38)13(50-25)10-34-28(53)31-4-7-37(8-5-32-29(54)35-11-14-17(39)20(42)23(45)26(48-2)51-14)9-6-33-30(55)36-12-15-18(40)21(43)24(46)27(49-3)52-15/h13-27,38-46H,4-12H2,1-3H3,(H2,31,34,53)(H2,32,35,54)(H2,33,36,55)/t13-,14-,15-,16-,17-,18-,19+,20+,21+,22+,23+,24+,25+,26+,27+/m1/s1. The van der Waals surface area contributed by atoms with Gasteiger partial charge < -0.3 is 106 Å². The number of aliphatic hydroxyl groups excluding tert-OH is 9. The molecule has 0 aromatic rings.